The van der Waals surface area contributed by atoms with E-state index in [1.807, 2.05) is 0 Å². The van der Waals surface area contributed by atoms with E-state index < -0.39 is 0 Å². The van der Waals surface area contributed by atoms with Crippen LogP contribution in [0.1, 0.15) is 25.7 Å². The van der Waals surface area contributed by atoms with Crippen molar-refractivity contribution in [2.24, 2.45) is 5.73 Å². The minimum absolute atomic E-state index is 0.310. The minimum Gasteiger partial charge on any atom is -0.388 e. The van der Waals surface area contributed by atoms with Gasteiger partial charge >= 0.3 is 0 Å². The first kappa shape index (κ1) is 14.4. The smallest absolute Gasteiger partial charge is 0.0905 e. The van der Waals surface area contributed by atoms with Crippen molar-refractivity contribution in [3.63, 3.8) is 0 Å². The lowest BCUT2D eigenvalue weighted by Crippen LogP contribution is -2.24. The van der Waals surface area contributed by atoms with Gasteiger partial charge in [0.05, 0.1) is 5.84 Å². The molecule has 0 amide bonds. The summed E-state index contributed by atoms with van der Waals surface area (Å²) in [6, 6.07) is 0. The molecule has 0 aromatic heterocycles. The van der Waals surface area contributed by atoms with Crippen molar-refractivity contribution in [3.8, 4) is 0 Å². The number of nitrogens with one attached hydrogen (secondary N) is 1. The lowest BCUT2D eigenvalue weighted by atomic mass is 10.2. The van der Waals surface area contributed by atoms with Gasteiger partial charge in [0.25, 0.3) is 0 Å². The van der Waals surface area contributed by atoms with Gasteiger partial charge in [0.2, 0.25) is 0 Å². The molecule has 3 N–H and O–H groups in total. The molecule has 0 aromatic rings. The number of hydrogen-bond donors (Lipinski definition) is 2. The third-order valence-electron chi connectivity index (χ3n) is 2.38. The van der Waals surface area contributed by atoms with Gasteiger partial charge in [-0.15, -0.1) is 0 Å². The van der Waals surface area contributed by atoms with Gasteiger partial charge in [0, 0.05) is 6.42 Å². The maximum Gasteiger partial charge on any atom is 0.0905 e. The highest BCUT2D eigenvalue weighted by atomic mass is 15.1. The summed E-state index contributed by atoms with van der Waals surface area (Å²) in [4.78, 5) is 4.56. The molecule has 0 aliphatic rings. The average molecular weight is 214 g/mol. The van der Waals surface area contributed by atoms with Gasteiger partial charge < -0.3 is 15.5 Å². The average Bonchev–Trinajstić information content (AvgIpc) is 2.11. The number of nitrogens with two attached hydrogens (primary N) is 1. The Morgan fingerprint density at radius 1 is 1.00 bits per heavy atom. The normalized spacial score (nSPS) is 11.3. The first-order valence-electron chi connectivity index (χ1n) is 5.68. The van der Waals surface area contributed by atoms with Crippen LogP contribution in [-0.2, 0) is 0 Å². The van der Waals surface area contributed by atoms with Gasteiger partial charge in [-0.3, -0.25) is 5.41 Å². The molecule has 0 aromatic carbocycles. The second kappa shape index (κ2) is 8.68. The number of rotatable bonds is 9. The van der Waals surface area contributed by atoms with E-state index in [4.69, 9.17) is 11.1 Å². The molecule has 0 aliphatic heterocycles. The molecule has 0 fully saturated rings. The molecule has 0 bridgehead atoms. The highest BCUT2D eigenvalue weighted by molar-refractivity contribution is 5.76. The Bertz CT molecular complexity index is 168. The highest BCUT2D eigenvalue weighted by Crippen LogP contribution is 1.98. The summed E-state index contributed by atoms with van der Waals surface area (Å²) in [6.07, 6.45) is 4.13. The molecular formula is C11H26N4. The first-order valence-corrected chi connectivity index (χ1v) is 5.68. The second-order valence-electron chi connectivity index (χ2n) is 4.44. The van der Waals surface area contributed by atoms with Crippen LogP contribution in [0.15, 0.2) is 0 Å². The third-order valence-corrected chi connectivity index (χ3v) is 2.38. The Kier molecular flexibility index (Phi) is 8.33. The summed E-state index contributed by atoms with van der Waals surface area (Å²) < 4.78 is 0. The number of unbranched alkanes of at least 4 members (excludes halogenated alkanes) is 1. The zero-order valence-electron chi connectivity index (χ0n) is 10.4. The Labute approximate surface area is 93.9 Å². The quantitative estimate of drug-likeness (QED) is 0.342. The standard InChI is InChI=1S/C11H26N4/c1-14(2)8-6-10-15(3)9-5-4-7-11(12)13/h4-10H2,1-3H3,(H3,12,13). The SMILES string of the molecule is CN(C)CCCN(C)CCCCC(=N)N. The maximum atomic E-state index is 7.10. The molecule has 90 valence electrons. The van der Waals surface area contributed by atoms with Crippen molar-refractivity contribution < 1.29 is 0 Å². The van der Waals surface area contributed by atoms with E-state index in [1.165, 1.54) is 6.42 Å². The Morgan fingerprint density at radius 3 is 2.13 bits per heavy atom. The molecule has 0 saturated carbocycles. The van der Waals surface area contributed by atoms with E-state index in [0.29, 0.717) is 5.84 Å². The fourth-order valence-electron chi connectivity index (χ4n) is 1.47. The maximum absolute atomic E-state index is 7.10. The molecule has 15 heavy (non-hydrogen) atoms. The second-order valence-corrected chi connectivity index (χ2v) is 4.44. The van der Waals surface area contributed by atoms with Crippen molar-refractivity contribution >= 4 is 5.84 Å². The molecule has 0 atom stereocenters. The van der Waals surface area contributed by atoms with Gasteiger partial charge in [-0.1, -0.05) is 0 Å². The first-order chi connectivity index (χ1) is 7.02. The molecule has 0 aliphatic carbocycles. The van der Waals surface area contributed by atoms with Gasteiger partial charge in [-0.25, -0.2) is 0 Å². The third kappa shape index (κ3) is 11.3. The van der Waals surface area contributed by atoms with E-state index >= 15 is 0 Å². The van der Waals surface area contributed by atoms with E-state index in [1.54, 1.807) is 0 Å². The number of nitrogens with zero attached hydrogens (tertiary/aromatic N) is 2. The van der Waals surface area contributed by atoms with Crippen LogP contribution in [0, 0.1) is 5.41 Å². The van der Waals surface area contributed by atoms with E-state index in [2.05, 4.69) is 30.9 Å². The summed E-state index contributed by atoms with van der Waals surface area (Å²) in [6.45, 7) is 3.41. The summed E-state index contributed by atoms with van der Waals surface area (Å²) in [7, 11) is 6.36. The molecule has 4 heteroatoms. The van der Waals surface area contributed by atoms with Gasteiger partial charge in [-0.05, 0) is 60.0 Å². The number of hydrogen-bond acceptors (Lipinski definition) is 3. The van der Waals surface area contributed by atoms with E-state index in [-0.39, 0.29) is 0 Å². The van der Waals surface area contributed by atoms with E-state index in [9.17, 15) is 0 Å². The van der Waals surface area contributed by atoms with Crippen LogP contribution < -0.4 is 5.73 Å². The fraction of sp³-hybridized carbons (Fsp3) is 0.909. The van der Waals surface area contributed by atoms with Gasteiger partial charge in [0.1, 0.15) is 0 Å². The molecule has 0 rings (SSSR count). The Morgan fingerprint density at radius 2 is 1.60 bits per heavy atom. The zero-order chi connectivity index (χ0) is 11.7. The Hall–Kier alpha value is -0.610. The fourth-order valence-corrected chi connectivity index (χ4v) is 1.47. The zero-order valence-corrected chi connectivity index (χ0v) is 10.4. The summed E-state index contributed by atoms with van der Waals surface area (Å²) in [5.41, 5.74) is 5.29. The van der Waals surface area contributed by atoms with Gasteiger partial charge in [0.15, 0.2) is 0 Å². The summed E-state index contributed by atoms with van der Waals surface area (Å²) in [5.74, 6) is 0.310. The summed E-state index contributed by atoms with van der Waals surface area (Å²) >= 11 is 0. The lowest BCUT2D eigenvalue weighted by Gasteiger charge is -2.17. The van der Waals surface area contributed by atoms with Crippen molar-refractivity contribution in [2.45, 2.75) is 25.7 Å². The molecule has 4 nitrogen and oxygen atoms in total. The van der Waals surface area contributed by atoms with Crippen LogP contribution in [-0.4, -0.2) is 56.4 Å². The monoisotopic (exact) mass is 214 g/mol. The van der Waals surface area contributed by atoms with Crippen LogP contribution in [0.5, 0.6) is 0 Å². The molecule has 0 saturated heterocycles. The van der Waals surface area contributed by atoms with Crippen LogP contribution in [0.25, 0.3) is 0 Å². The van der Waals surface area contributed by atoms with Crippen molar-refractivity contribution in [2.75, 3.05) is 40.8 Å². The van der Waals surface area contributed by atoms with Crippen LogP contribution in [0.3, 0.4) is 0 Å². The largest absolute Gasteiger partial charge is 0.388 e. The lowest BCUT2D eigenvalue weighted by molar-refractivity contribution is 0.296. The Balaban J connectivity index is 3.25. The molecular weight excluding hydrogens is 188 g/mol. The van der Waals surface area contributed by atoms with Crippen LogP contribution >= 0.6 is 0 Å². The predicted molar refractivity (Wildman–Crippen MR) is 66.4 cm³/mol. The van der Waals surface area contributed by atoms with Crippen LogP contribution in [0.4, 0.5) is 0 Å². The van der Waals surface area contributed by atoms with Crippen molar-refractivity contribution in [1.29, 1.82) is 5.41 Å². The molecule has 0 spiro atoms. The minimum atomic E-state index is 0.310. The topological polar surface area (TPSA) is 56.4 Å². The number of amidine groups is 1. The van der Waals surface area contributed by atoms with Gasteiger partial charge in [-0.2, -0.15) is 0 Å². The summed E-state index contributed by atoms with van der Waals surface area (Å²) in [5, 5.41) is 7.10. The van der Waals surface area contributed by atoms with E-state index in [0.717, 1.165) is 38.9 Å². The molecule has 0 unspecified atom stereocenters. The van der Waals surface area contributed by atoms with Crippen LogP contribution in [0.2, 0.25) is 0 Å². The van der Waals surface area contributed by atoms with Crippen molar-refractivity contribution in [1.82, 2.24) is 9.80 Å². The molecule has 0 radical (unpaired) electrons. The predicted octanol–water partition coefficient (Wildman–Crippen LogP) is 0.976. The molecule has 0 heterocycles. The van der Waals surface area contributed by atoms with Crippen molar-refractivity contribution in [3.05, 3.63) is 0 Å². The highest BCUT2D eigenvalue weighted by Gasteiger charge is 1.99.